The highest BCUT2D eigenvalue weighted by molar-refractivity contribution is 6.15. The van der Waals surface area contributed by atoms with E-state index < -0.39 is 23.8 Å². The van der Waals surface area contributed by atoms with Crippen LogP contribution in [-0.2, 0) is 23.8 Å². The average molecular weight is 361 g/mol. The third-order valence-electron chi connectivity index (χ3n) is 5.34. The van der Waals surface area contributed by atoms with Crippen molar-refractivity contribution in [1.29, 1.82) is 0 Å². The number of hydrogen-bond acceptors (Lipinski definition) is 6. The van der Waals surface area contributed by atoms with Gasteiger partial charge in [-0.25, -0.2) is 0 Å². The van der Waals surface area contributed by atoms with Crippen molar-refractivity contribution in [2.24, 2.45) is 10.9 Å². The third kappa shape index (κ3) is 3.22. The summed E-state index contributed by atoms with van der Waals surface area (Å²) >= 11 is 0. The molecule has 3 aliphatic rings. The second-order valence-corrected chi connectivity index (χ2v) is 7.34. The summed E-state index contributed by atoms with van der Waals surface area (Å²) in [6, 6.07) is 0. The van der Waals surface area contributed by atoms with Crippen molar-refractivity contribution in [2.45, 2.75) is 71.4 Å². The van der Waals surface area contributed by atoms with Crippen molar-refractivity contribution in [3.63, 3.8) is 0 Å². The van der Waals surface area contributed by atoms with E-state index in [0.29, 0.717) is 6.42 Å². The fourth-order valence-corrected chi connectivity index (χ4v) is 3.65. The van der Waals surface area contributed by atoms with E-state index in [1.54, 1.807) is 6.92 Å². The van der Waals surface area contributed by atoms with E-state index in [-0.39, 0.29) is 18.0 Å². The zero-order chi connectivity index (χ0) is 19.1. The molecule has 1 spiro atoms. The first-order valence-electron chi connectivity index (χ1n) is 9.31. The highest BCUT2D eigenvalue weighted by Crippen LogP contribution is 2.54. The van der Waals surface area contributed by atoms with E-state index in [9.17, 15) is 9.59 Å². The summed E-state index contributed by atoms with van der Waals surface area (Å²) in [4.78, 5) is 28.3. The van der Waals surface area contributed by atoms with Crippen LogP contribution in [0.4, 0.5) is 0 Å². The SMILES string of the molecule is CCC(C)C(=O)OC(/C=C1/C=C(C)C2=NCCC3OC213)C(C)OC(C)=O. The molecule has 3 rings (SSSR count). The van der Waals surface area contributed by atoms with Gasteiger partial charge in [0, 0.05) is 13.5 Å². The summed E-state index contributed by atoms with van der Waals surface area (Å²) in [6.07, 6.45) is 4.36. The summed E-state index contributed by atoms with van der Waals surface area (Å²) < 4.78 is 17.0. The first-order chi connectivity index (χ1) is 12.3. The number of ether oxygens (including phenoxy) is 3. The lowest BCUT2D eigenvalue weighted by Gasteiger charge is -2.24. The predicted molar refractivity (Wildman–Crippen MR) is 96.9 cm³/mol. The van der Waals surface area contributed by atoms with Crippen LogP contribution >= 0.6 is 0 Å². The number of carbonyl (C=O) groups is 2. The maximum Gasteiger partial charge on any atom is 0.309 e. The smallest absolute Gasteiger partial charge is 0.309 e. The van der Waals surface area contributed by atoms with Gasteiger partial charge in [0.05, 0.1) is 11.6 Å². The molecule has 0 bridgehead atoms. The van der Waals surface area contributed by atoms with Gasteiger partial charge >= 0.3 is 11.9 Å². The molecule has 142 valence electrons. The summed E-state index contributed by atoms with van der Waals surface area (Å²) in [7, 11) is 0. The zero-order valence-electron chi connectivity index (χ0n) is 16.1. The highest BCUT2D eigenvalue weighted by atomic mass is 16.6. The minimum absolute atomic E-state index is 0.130. The maximum atomic E-state index is 12.3. The Morgan fingerprint density at radius 1 is 1.42 bits per heavy atom. The van der Waals surface area contributed by atoms with Gasteiger partial charge in [0.25, 0.3) is 0 Å². The Hall–Kier alpha value is -1.95. The molecule has 0 N–H and O–H groups in total. The lowest BCUT2D eigenvalue weighted by atomic mass is 9.90. The molecule has 0 saturated carbocycles. The van der Waals surface area contributed by atoms with E-state index in [1.807, 2.05) is 32.9 Å². The second-order valence-electron chi connectivity index (χ2n) is 7.34. The minimum atomic E-state index is -0.667. The predicted octanol–water partition coefficient (Wildman–Crippen LogP) is 2.76. The van der Waals surface area contributed by atoms with Crippen LogP contribution in [-0.4, -0.2) is 48.1 Å². The number of hydrogen-bond donors (Lipinski definition) is 0. The van der Waals surface area contributed by atoms with Gasteiger partial charge in [0.2, 0.25) is 0 Å². The molecular formula is C20H27NO5. The van der Waals surface area contributed by atoms with Crippen LogP contribution in [0.3, 0.4) is 0 Å². The van der Waals surface area contributed by atoms with Crippen molar-refractivity contribution < 1.29 is 23.8 Å². The van der Waals surface area contributed by atoms with Crippen molar-refractivity contribution in [1.82, 2.24) is 0 Å². The van der Waals surface area contributed by atoms with Crippen LogP contribution in [0, 0.1) is 5.92 Å². The molecule has 0 aromatic carbocycles. The maximum absolute atomic E-state index is 12.3. The van der Waals surface area contributed by atoms with Crippen LogP contribution in [0.15, 0.2) is 28.3 Å². The fraction of sp³-hybridized carbons (Fsp3) is 0.650. The van der Waals surface area contributed by atoms with E-state index in [0.717, 1.165) is 29.8 Å². The van der Waals surface area contributed by atoms with Gasteiger partial charge in [-0.05, 0) is 43.9 Å². The van der Waals surface area contributed by atoms with Gasteiger partial charge < -0.3 is 14.2 Å². The lowest BCUT2D eigenvalue weighted by molar-refractivity contribution is -0.164. The van der Waals surface area contributed by atoms with Crippen molar-refractivity contribution in [2.75, 3.05) is 6.54 Å². The molecule has 5 atom stereocenters. The molecule has 5 unspecified atom stereocenters. The molecule has 6 heteroatoms. The first kappa shape index (κ1) is 18.8. The van der Waals surface area contributed by atoms with Crippen molar-refractivity contribution >= 4 is 17.7 Å². The fourth-order valence-electron chi connectivity index (χ4n) is 3.65. The summed E-state index contributed by atoms with van der Waals surface area (Å²) in [5.74, 6) is -0.913. The number of aliphatic imine (C=N–C) groups is 1. The Morgan fingerprint density at radius 2 is 2.15 bits per heavy atom. The summed E-state index contributed by atoms with van der Waals surface area (Å²) in [6.45, 7) is 9.63. The van der Waals surface area contributed by atoms with E-state index in [4.69, 9.17) is 14.2 Å². The Labute approximate surface area is 154 Å². The average Bonchev–Trinajstić information content (AvgIpc) is 3.28. The number of carbonyl (C=O) groups excluding carboxylic acids is 2. The molecule has 2 aliphatic heterocycles. The largest absolute Gasteiger partial charge is 0.459 e. The van der Waals surface area contributed by atoms with Gasteiger partial charge in [0.15, 0.2) is 11.7 Å². The zero-order valence-corrected chi connectivity index (χ0v) is 16.1. The molecule has 1 fully saturated rings. The number of rotatable bonds is 6. The molecular weight excluding hydrogens is 334 g/mol. The number of nitrogens with zero attached hydrogens (tertiary/aromatic N) is 1. The van der Waals surface area contributed by atoms with Crippen LogP contribution in [0.1, 0.15) is 47.5 Å². The Kier molecular flexibility index (Phi) is 5.06. The van der Waals surface area contributed by atoms with Crippen LogP contribution < -0.4 is 0 Å². The third-order valence-corrected chi connectivity index (χ3v) is 5.34. The second kappa shape index (κ2) is 6.99. The lowest BCUT2D eigenvalue weighted by Crippen LogP contribution is -2.35. The topological polar surface area (TPSA) is 77.5 Å². The normalized spacial score (nSPS) is 31.1. The standard InChI is InChI=1S/C20H27NO5/c1-6-11(2)19(23)25-16(13(4)24-14(5)22)10-15-9-12(3)18-20(15)17(26-20)7-8-21-18/h9-11,13,16-17H,6-8H2,1-5H3/b15-10-. The van der Waals surface area contributed by atoms with Gasteiger partial charge in [-0.2, -0.15) is 0 Å². The van der Waals surface area contributed by atoms with Gasteiger partial charge in [-0.15, -0.1) is 0 Å². The van der Waals surface area contributed by atoms with Gasteiger partial charge in [-0.3, -0.25) is 14.6 Å². The Balaban J connectivity index is 1.88. The monoisotopic (exact) mass is 361 g/mol. The molecule has 0 aromatic rings. The summed E-state index contributed by atoms with van der Waals surface area (Å²) in [5.41, 5.74) is 2.51. The molecule has 0 radical (unpaired) electrons. The van der Waals surface area contributed by atoms with Crippen molar-refractivity contribution in [3.05, 3.63) is 23.3 Å². The highest BCUT2D eigenvalue weighted by Gasteiger charge is 2.65. The molecule has 1 aliphatic carbocycles. The minimum Gasteiger partial charge on any atom is -0.459 e. The van der Waals surface area contributed by atoms with E-state index in [2.05, 4.69) is 4.99 Å². The number of epoxide rings is 1. The van der Waals surface area contributed by atoms with E-state index >= 15 is 0 Å². The summed E-state index contributed by atoms with van der Waals surface area (Å²) in [5, 5.41) is 0. The molecule has 0 aromatic heterocycles. The van der Waals surface area contributed by atoms with Crippen molar-refractivity contribution in [3.8, 4) is 0 Å². The van der Waals surface area contributed by atoms with Crippen LogP contribution in [0.25, 0.3) is 0 Å². The molecule has 1 saturated heterocycles. The Morgan fingerprint density at radius 3 is 2.81 bits per heavy atom. The quantitative estimate of drug-likeness (QED) is 0.537. The van der Waals surface area contributed by atoms with Crippen LogP contribution in [0.5, 0.6) is 0 Å². The molecule has 26 heavy (non-hydrogen) atoms. The first-order valence-corrected chi connectivity index (χ1v) is 9.31. The Bertz CT molecular complexity index is 707. The molecule has 0 amide bonds. The molecule has 2 heterocycles. The van der Waals surface area contributed by atoms with Gasteiger partial charge in [0.1, 0.15) is 12.2 Å². The molecule has 6 nitrogen and oxygen atoms in total. The van der Waals surface area contributed by atoms with Crippen LogP contribution in [0.2, 0.25) is 0 Å². The van der Waals surface area contributed by atoms with Gasteiger partial charge in [-0.1, -0.05) is 19.9 Å². The van der Waals surface area contributed by atoms with E-state index in [1.165, 1.54) is 6.92 Å². The number of esters is 2.